The molecule has 4 heterocycles. The van der Waals surface area contributed by atoms with E-state index in [2.05, 4.69) is 15.3 Å². The van der Waals surface area contributed by atoms with Crippen LogP contribution in [0.1, 0.15) is 17.5 Å². The smallest absolute Gasteiger partial charge is 0.233 e. The maximum Gasteiger partial charge on any atom is 0.233 e. The molecule has 4 aromatic rings. The Labute approximate surface area is 152 Å². The number of thiophene rings is 1. The summed E-state index contributed by atoms with van der Waals surface area (Å²) in [6.07, 6.45) is 0.230. The topological polar surface area (TPSA) is 85.3 Å². The molecule has 1 aliphatic heterocycles. The van der Waals surface area contributed by atoms with Crippen LogP contribution < -0.4 is 0 Å². The van der Waals surface area contributed by atoms with E-state index in [1.165, 1.54) is 0 Å². The summed E-state index contributed by atoms with van der Waals surface area (Å²) in [4.78, 5) is 19.7. The van der Waals surface area contributed by atoms with Crippen LogP contribution in [-0.2, 0) is 11.2 Å². The lowest BCUT2D eigenvalue weighted by Crippen LogP contribution is -2.49. The van der Waals surface area contributed by atoms with E-state index in [9.17, 15) is 4.79 Å². The molecule has 1 fully saturated rings. The van der Waals surface area contributed by atoms with Gasteiger partial charge in [0.15, 0.2) is 5.58 Å². The number of aromatic nitrogens is 3. The quantitative estimate of drug-likeness (QED) is 0.552. The van der Waals surface area contributed by atoms with Gasteiger partial charge in [0, 0.05) is 18.5 Å². The second kappa shape index (κ2) is 6.06. The monoisotopic (exact) mass is 366 g/mol. The SMILES string of the molecule is O=C(Cc1noc2ccccc12)N1CC(c2nc(-c3cccs3)no2)C1. The molecule has 0 atom stereocenters. The molecule has 1 saturated heterocycles. The molecule has 5 rings (SSSR count). The van der Waals surface area contributed by atoms with E-state index in [1.54, 1.807) is 16.2 Å². The fraction of sp³-hybridized carbons (Fsp3) is 0.222. The normalized spacial score (nSPS) is 14.7. The molecule has 0 bridgehead atoms. The third-order valence-electron chi connectivity index (χ3n) is 4.54. The largest absolute Gasteiger partial charge is 0.356 e. The summed E-state index contributed by atoms with van der Waals surface area (Å²) in [5.41, 5.74) is 1.37. The molecule has 0 aliphatic carbocycles. The molecular formula is C18H14N4O3S. The van der Waals surface area contributed by atoms with E-state index < -0.39 is 0 Å². The predicted octanol–water partition coefficient (Wildman–Crippen LogP) is 3.11. The molecular weight excluding hydrogens is 352 g/mol. The highest BCUT2D eigenvalue weighted by Crippen LogP contribution is 2.29. The van der Waals surface area contributed by atoms with Gasteiger partial charge in [-0.25, -0.2) is 0 Å². The summed E-state index contributed by atoms with van der Waals surface area (Å²) >= 11 is 1.57. The average Bonchev–Trinajstić information content (AvgIpc) is 3.34. The van der Waals surface area contributed by atoms with Gasteiger partial charge in [-0.3, -0.25) is 4.79 Å². The molecule has 8 heteroatoms. The number of hydrogen-bond acceptors (Lipinski definition) is 7. The van der Waals surface area contributed by atoms with Crippen molar-refractivity contribution in [3.05, 3.63) is 53.4 Å². The number of carbonyl (C=O) groups is 1. The van der Waals surface area contributed by atoms with Gasteiger partial charge in [-0.05, 0) is 23.6 Å². The number of rotatable bonds is 4. The molecule has 1 aliphatic rings. The Morgan fingerprint density at radius 2 is 2.04 bits per heavy atom. The average molecular weight is 366 g/mol. The summed E-state index contributed by atoms with van der Waals surface area (Å²) in [7, 11) is 0. The molecule has 0 saturated carbocycles. The second-order valence-corrected chi connectivity index (χ2v) is 7.18. The van der Waals surface area contributed by atoms with Gasteiger partial charge < -0.3 is 13.9 Å². The van der Waals surface area contributed by atoms with Gasteiger partial charge in [0.1, 0.15) is 5.69 Å². The van der Waals surface area contributed by atoms with Crippen LogP contribution in [0.5, 0.6) is 0 Å². The summed E-state index contributed by atoms with van der Waals surface area (Å²) < 4.78 is 10.6. The molecule has 3 aromatic heterocycles. The van der Waals surface area contributed by atoms with E-state index in [4.69, 9.17) is 9.05 Å². The van der Waals surface area contributed by atoms with Crippen molar-refractivity contribution in [1.29, 1.82) is 0 Å². The van der Waals surface area contributed by atoms with Crippen molar-refractivity contribution in [3.63, 3.8) is 0 Å². The first-order chi connectivity index (χ1) is 12.8. The van der Waals surface area contributed by atoms with Crippen molar-refractivity contribution >= 4 is 28.2 Å². The minimum absolute atomic E-state index is 0.0262. The zero-order valence-corrected chi connectivity index (χ0v) is 14.5. The number of benzene rings is 1. The highest BCUT2D eigenvalue weighted by molar-refractivity contribution is 7.13. The fourth-order valence-electron chi connectivity index (χ4n) is 3.07. The van der Waals surface area contributed by atoms with Gasteiger partial charge in [0.05, 0.1) is 17.2 Å². The molecule has 26 heavy (non-hydrogen) atoms. The molecule has 0 N–H and O–H groups in total. The van der Waals surface area contributed by atoms with E-state index >= 15 is 0 Å². The van der Waals surface area contributed by atoms with Crippen molar-refractivity contribution < 1.29 is 13.8 Å². The Kier molecular flexibility index (Phi) is 3.56. The van der Waals surface area contributed by atoms with Crippen LogP contribution in [0.3, 0.4) is 0 Å². The number of likely N-dealkylation sites (tertiary alicyclic amines) is 1. The first-order valence-corrected chi connectivity index (χ1v) is 9.14. The lowest BCUT2D eigenvalue weighted by Gasteiger charge is -2.37. The Morgan fingerprint density at radius 1 is 1.15 bits per heavy atom. The Bertz CT molecular complexity index is 1060. The lowest BCUT2D eigenvalue weighted by atomic mass is 9.99. The van der Waals surface area contributed by atoms with Crippen LogP contribution in [0.25, 0.3) is 21.7 Å². The molecule has 130 valence electrons. The zero-order chi connectivity index (χ0) is 17.5. The summed E-state index contributed by atoms with van der Waals surface area (Å²) in [5.74, 6) is 1.31. The number of para-hydroxylation sites is 1. The van der Waals surface area contributed by atoms with Crippen LogP contribution >= 0.6 is 11.3 Å². The van der Waals surface area contributed by atoms with Crippen molar-refractivity contribution in [2.75, 3.05) is 13.1 Å². The molecule has 1 aromatic carbocycles. The van der Waals surface area contributed by atoms with E-state index in [-0.39, 0.29) is 18.2 Å². The summed E-state index contributed by atoms with van der Waals surface area (Å²) in [6, 6.07) is 11.5. The van der Waals surface area contributed by atoms with E-state index in [0.29, 0.717) is 36.1 Å². The Morgan fingerprint density at radius 3 is 2.88 bits per heavy atom. The first-order valence-electron chi connectivity index (χ1n) is 8.26. The van der Waals surface area contributed by atoms with Gasteiger partial charge in [0.2, 0.25) is 17.6 Å². The maximum absolute atomic E-state index is 12.5. The highest BCUT2D eigenvalue weighted by Gasteiger charge is 2.36. The maximum atomic E-state index is 12.5. The van der Waals surface area contributed by atoms with Crippen molar-refractivity contribution in [1.82, 2.24) is 20.2 Å². The third-order valence-corrected chi connectivity index (χ3v) is 5.40. The first kappa shape index (κ1) is 15.3. The van der Waals surface area contributed by atoms with Gasteiger partial charge >= 0.3 is 0 Å². The van der Waals surface area contributed by atoms with Crippen LogP contribution in [0, 0.1) is 0 Å². The van der Waals surface area contributed by atoms with Gasteiger partial charge in [-0.15, -0.1) is 11.3 Å². The van der Waals surface area contributed by atoms with E-state index in [0.717, 1.165) is 10.3 Å². The Hall–Kier alpha value is -3.00. The van der Waals surface area contributed by atoms with Crippen LogP contribution in [0.2, 0.25) is 0 Å². The van der Waals surface area contributed by atoms with Crippen molar-refractivity contribution in [3.8, 4) is 10.7 Å². The molecule has 0 spiro atoms. The van der Waals surface area contributed by atoms with Crippen LogP contribution in [0.15, 0.2) is 50.8 Å². The number of fused-ring (bicyclic) bond motifs is 1. The van der Waals surface area contributed by atoms with Crippen molar-refractivity contribution in [2.24, 2.45) is 0 Å². The second-order valence-electron chi connectivity index (χ2n) is 6.23. The number of amides is 1. The van der Waals surface area contributed by atoms with Crippen LogP contribution in [-0.4, -0.2) is 39.2 Å². The van der Waals surface area contributed by atoms with Gasteiger partial charge in [-0.2, -0.15) is 4.98 Å². The van der Waals surface area contributed by atoms with Crippen LogP contribution in [0.4, 0.5) is 0 Å². The minimum atomic E-state index is 0.0262. The minimum Gasteiger partial charge on any atom is -0.356 e. The summed E-state index contributed by atoms with van der Waals surface area (Å²) in [5, 5.41) is 10.9. The van der Waals surface area contributed by atoms with E-state index in [1.807, 2.05) is 41.8 Å². The lowest BCUT2D eigenvalue weighted by molar-refractivity contribution is -0.135. The number of carbonyl (C=O) groups excluding carboxylic acids is 1. The third kappa shape index (κ3) is 2.59. The molecule has 7 nitrogen and oxygen atoms in total. The highest BCUT2D eigenvalue weighted by atomic mass is 32.1. The number of nitrogens with zero attached hydrogens (tertiary/aromatic N) is 4. The molecule has 0 unspecified atom stereocenters. The number of hydrogen-bond donors (Lipinski definition) is 0. The zero-order valence-electron chi connectivity index (χ0n) is 13.7. The van der Waals surface area contributed by atoms with Gasteiger partial charge in [0.25, 0.3) is 0 Å². The Balaban J connectivity index is 1.23. The van der Waals surface area contributed by atoms with Gasteiger partial charge in [-0.1, -0.05) is 28.5 Å². The predicted molar refractivity (Wildman–Crippen MR) is 94.6 cm³/mol. The van der Waals surface area contributed by atoms with Crippen molar-refractivity contribution in [2.45, 2.75) is 12.3 Å². The standard InChI is InChI=1S/C18H14N4O3S/c23-16(8-13-12-4-1-2-5-14(12)24-20-13)22-9-11(10-22)18-19-17(21-25-18)15-6-3-7-26-15/h1-7,11H,8-10H2. The molecule has 0 radical (unpaired) electrons. The fourth-order valence-corrected chi connectivity index (χ4v) is 3.72. The molecule has 1 amide bonds. The summed E-state index contributed by atoms with van der Waals surface area (Å²) in [6.45, 7) is 1.17.